The predicted molar refractivity (Wildman–Crippen MR) is 155 cm³/mol. The van der Waals surface area contributed by atoms with Crippen LogP contribution in [0, 0.1) is 12.8 Å². The summed E-state index contributed by atoms with van der Waals surface area (Å²) in [4.78, 5) is 30.1. The van der Waals surface area contributed by atoms with E-state index in [1.54, 1.807) is 16.7 Å². The molecule has 0 radical (unpaired) electrons. The zero-order chi connectivity index (χ0) is 26.6. The lowest BCUT2D eigenvalue weighted by atomic mass is 10.0. The van der Waals surface area contributed by atoms with E-state index in [4.69, 9.17) is 11.6 Å². The van der Waals surface area contributed by atoms with Gasteiger partial charge in [-0.15, -0.1) is 11.8 Å². The highest BCUT2D eigenvalue weighted by Crippen LogP contribution is 2.22. The highest BCUT2D eigenvalue weighted by Gasteiger charge is 2.30. The van der Waals surface area contributed by atoms with Crippen molar-refractivity contribution < 1.29 is 9.59 Å². The van der Waals surface area contributed by atoms with Crippen molar-refractivity contribution in [3.63, 3.8) is 0 Å². The molecule has 6 heteroatoms. The largest absolute Gasteiger partial charge is 0.354 e. The number of nitrogens with zero attached hydrogens (tertiary/aromatic N) is 1. The third-order valence-corrected chi connectivity index (χ3v) is 7.36. The molecule has 0 aliphatic rings. The Morgan fingerprint density at radius 1 is 0.946 bits per heavy atom. The summed E-state index contributed by atoms with van der Waals surface area (Å²) in [5.41, 5.74) is 3.19. The van der Waals surface area contributed by atoms with Crippen molar-refractivity contribution in [3.05, 3.63) is 101 Å². The van der Waals surface area contributed by atoms with Crippen LogP contribution in [0.1, 0.15) is 43.4 Å². The molecular weight excluding hydrogens is 500 g/mol. The first-order chi connectivity index (χ1) is 17.8. The lowest BCUT2D eigenvalue weighted by Crippen LogP contribution is -2.51. The molecule has 37 heavy (non-hydrogen) atoms. The number of benzene rings is 3. The maximum absolute atomic E-state index is 13.7. The van der Waals surface area contributed by atoms with Crippen LogP contribution in [-0.4, -0.2) is 35.1 Å². The molecule has 3 aromatic carbocycles. The molecule has 0 aromatic heterocycles. The van der Waals surface area contributed by atoms with Gasteiger partial charge in [0.05, 0.1) is 0 Å². The number of aryl methyl sites for hydroxylation is 1. The van der Waals surface area contributed by atoms with E-state index >= 15 is 0 Å². The lowest BCUT2D eigenvalue weighted by molar-refractivity contribution is -0.141. The molecule has 0 spiro atoms. The second-order valence-corrected chi connectivity index (χ2v) is 11.4. The van der Waals surface area contributed by atoms with E-state index in [9.17, 15) is 9.59 Å². The Kier molecular flexibility index (Phi) is 11.6. The van der Waals surface area contributed by atoms with Gasteiger partial charge in [-0.1, -0.05) is 85.6 Å². The van der Waals surface area contributed by atoms with Crippen LogP contribution in [-0.2, 0) is 22.6 Å². The topological polar surface area (TPSA) is 49.4 Å². The van der Waals surface area contributed by atoms with Gasteiger partial charge in [0.15, 0.2) is 0 Å². The van der Waals surface area contributed by atoms with Crippen LogP contribution in [0.2, 0.25) is 5.02 Å². The van der Waals surface area contributed by atoms with Crippen molar-refractivity contribution in [1.82, 2.24) is 10.2 Å². The number of rotatable bonds is 13. The second-order valence-electron chi connectivity index (χ2n) is 9.76. The Labute approximate surface area is 230 Å². The molecule has 1 atom stereocenters. The van der Waals surface area contributed by atoms with Crippen molar-refractivity contribution in [2.45, 2.75) is 57.5 Å². The van der Waals surface area contributed by atoms with E-state index in [2.05, 4.69) is 25.2 Å². The molecule has 0 fully saturated rings. The maximum Gasteiger partial charge on any atom is 0.243 e. The van der Waals surface area contributed by atoms with E-state index in [1.807, 2.05) is 79.7 Å². The maximum atomic E-state index is 13.7. The first-order valence-corrected chi connectivity index (χ1v) is 14.2. The van der Waals surface area contributed by atoms with E-state index in [1.165, 1.54) is 0 Å². The van der Waals surface area contributed by atoms with E-state index in [0.717, 1.165) is 33.8 Å². The summed E-state index contributed by atoms with van der Waals surface area (Å²) in [7, 11) is 0. The third kappa shape index (κ3) is 9.90. The van der Waals surface area contributed by atoms with Gasteiger partial charge in [-0.2, -0.15) is 0 Å². The van der Waals surface area contributed by atoms with E-state index in [-0.39, 0.29) is 11.8 Å². The van der Waals surface area contributed by atoms with Gasteiger partial charge in [-0.05, 0) is 60.4 Å². The lowest BCUT2D eigenvalue weighted by Gasteiger charge is -2.32. The van der Waals surface area contributed by atoms with Gasteiger partial charge in [-0.3, -0.25) is 9.59 Å². The molecule has 0 bridgehead atoms. The standard InChI is InChI=1S/C31H37ClN2O2S/c1-23(2)21-33-31(36)29(20-25-10-5-4-6-11-25)34(22-26-12-7-9-24(3)19-26)30(35)13-8-18-37-28-16-14-27(32)15-17-28/h4-7,9-12,14-17,19,23,29H,8,13,18,20-22H2,1-3H3,(H,33,36)/t29-/m1/s1. The highest BCUT2D eigenvalue weighted by atomic mass is 35.5. The molecule has 0 saturated carbocycles. The molecule has 2 amide bonds. The number of nitrogens with one attached hydrogen (secondary N) is 1. The minimum atomic E-state index is -0.585. The summed E-state index contributed by atoms with van der Waals surface area (Å²) in [5, 5.41) is 3.79. The minimum absolute atomic E-state index is 0.00107. The minimum Gasteiger partial charge on any atom is -0.354 e. The van der Waals surface area contributed by atoms with Gasteiger partial charge in [0, 0.05) is 35.8 Å². The Balaban J connectivity index is 1.78. The summed E-state index contributed by atoms with van der Waals surface area (Å²) in [6.07, 6.45) is 1.58. The first-order valence-electron chi connectivity index (χ1n) is 12.9. The Hall–Kier alpha value is -2.76. The molecule has 0 aliphatic heterocycles. The average molecular weight is 537 g/mol. The fourth-order valence-corrected chi connectivity index (χ4v) is 5.05. The summed E-state index contributed by atoms with van der Waals surface area (Å²) in [6.45, 7) is 7.16. The fourth-order valence-electron chi connectivity index (χ4n) is 4.07. The normalized spacial score (nSPS) is 11.8. The molecule has 196 valence electrons. The molecule has 1 N–H and O–H groups in total. The molecule has 3 aromatic rings. The Morgan fingerprint density at radius 2 is 1.65 bits per heavy atom. The monoisotopic (exact) mass is 536 g/mol. The highest BCUT2D eigenvalue weighted by molar-refractivity contribution is 7.99. The quantitative estimate of drug-likeness (QED) is 0.190. The summed E-state index contributed by atoms with van der Waals surface area (Å²) in [6, 6.07) is 25.2. The summed E-state index contributed by atoms with van der Waals surface area (Å²) >= 11 is 7.70. The van der Waals surface area contributed by atoms with Crippen LogP contribution < -0.4 is 5.32 Å². The molecule has 0 aliphatic carbocycles. The second kappa shape index (κ2) is 14.8. The van der Waals surface area contributed by atoms with Gasteiger partial charge < -0.3 is 10.2 Å². The van der Waals surface area contributed by atoms with Crippen molar-refractivity contribution >= 4 is 35.2 Å². The van der Waals surface area contributed by atoms with Crippen LogP contribution in [0.15, 0.2) is 83.8 Å². The summed E-state index contributed by atoms with van der Waals surface area (Å²) < 4.78 is 0. The first kappa shape index (κ1) is 28.8. The predicted octanol–water partition coefficient (Wildman–Crippen LogP) is 6.93. The zero-order valence-electron chi connectivity index (χ0n) is 22.0. The van der Waals surface area contributed by atoms with Crippen molar-refractivity contribution in [2.24, 2.45) is 5.92 Å². The molecule has 0 saturated heterocycles. The van der Waals surface area contributed by atoms with Crippen molar-refractivity contribution in [2.75, 3.05) is 12.3 Å². The van der Waals surface area contributed by atoms with E-state index in [0.29, 0.717) is 36.9 Å². The smallest absolute Gasteiger partial charge is 0.243 e. The third-order valence-electron chi connectivity index (χ3n) is 6.01. The number of hydrogen-bond acceptors (Lipinski definition) is 3. The van der Waals surface area contributed by atoms with Crippen LogP contribution in [0.3, 0.4) is 0 Å². The number of carbonyl (C=O) groups is 2. The van der Waals surface area contributed by atoms with Gasteiger partial charge in [0.25, 0.3) is 0 Å². The van der Waals surface area contributed by atoms with Gasteiger partial charge in [-0.25, -0.2) is 0 Å². The van der Waals surface area contributed by atoms with Gasteiger partial charge >= 0.3 is 0 Å². The van der Waals surface area contributed by atoms with Gasteiger partial charge in [0.2, 0.25) is 11.8 Å². The zero-order valence-corrected chi connectivity index (χ0v) is 23.5. The average Bonchev–Trinajstić information content (AvgIpc) is 2.88. The number of hydrogen-bond donors (Lipinski definition) is 1. The number of halogens is 1. The van der Waals surface area contributed by atoms with Crippen LogP contribution in [0.4, 0.5) is 0 Å². The fraction of sp³-hybridized carbons (Fsp3) is 0.355. The Bertz CT molecular complexity index is 1140. The SMILES string of the molecule is Cc1cccc(CN(C(=O)CCCSc2ccc(Cl)cc2)[C@H](Cc2ccccc2)C(=O)NCC(C)C)c1. The Morgan fingerprint density at radius 3 is 2.32 bits per heavy atom. The number of thioether (sulfide) groups is 1. The van der Waals surface area contributed by atoms with Crippen molar-refractivity contribution in [3.8, 4) is 0 Å². The molecular formula is C31H37ClN2O2S. The molecule has 0 unspecified atom stereocenters. The van der Waals surface area contributed by atoms with Crippen LogP contribution >= 0.6 is 23.4 Å². The van der Waals surface area contributed by atoms with Crippen LogP contribution in [0.5, 0.6) is 0 Å². The number of carbonyl (C=O) groups excluding carboxylic acids is 2. The molecule has 0 heterocycles. The summed E-state index contributed by atoms with van der Waals surface area (Å²) in [5.74, 6) is 1.04. The van der Waals surface area contributed by atoms with Crippen LogP contribution in [0.25, 0.3) is 0 Å². The van der Waals surface area contributed by atoms with E-state index < -0.39 is 6.04 Å². The van der Waals surface area contributed by atoms with Crippen molar-refractivity contribution in [1.29, 1.82) is 0 Å². The number of amides is 2. The molecule has 3 rings (SSSR count). The molecule has 4 nitrogen and oxygen atoms in total. The van der Waals surface area contributed by atoms with Gasteiger partial charge in [0.1, 0.15) is 6.04 Å².